The van der Waals surface area contributed by atoms with Crippen LogP contribution in [0.2, 0.25) is 0 Å². The maximum atomic E-state index is 11.9. The number of sulfonamides is 1. The van der Waals surface area contributed by atoms with Crippen molar-refractivity contribution in [1.82, 2.24) is 4.72 Å². The van der Waals surface area contributed by atoms with Crippen molar-refractivity contribution in [1.29, 1.82) is 0 Å². The van der Waals surface area contributed by atoms with Gasteiger partial charge in [0.1, 0.15) is 5.75 Å². The van der Waals surface area contributed by atoms with Gasteiger partial charge in [0.05, 0.1) is 10.6 Å². The van der Waals surface area contributed by atoms with E-state index in [9.17, 15) is 13.5 Å². The molecule has 0 saturated carbocycles. The van der Waals surface area contributed by atoms with Crippen molar-refractivity contribution in [2.75, 3.05) is 12.3 Å². The molecule has 6 heteroatoms. The van der Waals surface area contributed by atoms with Gasteiger partial charge in [-0.15, -0.1) is 0 Å². The van der Waals surface area contributed by atoms with Crippen LogP contribution in [0.3, 0.4) is 0 Å². The van der Waals surface area contributed by atoms with Crippen LogP contribution in [-0.4, -0.2) is 20.1 Å². The highest BCUT2D eigenvalue weighted by molar-refractivity contribution is 7.89. The van der Waals surface area contributed by atoms with Crippen molar-refractivity contribution >= 4 is 15.7 Å². The van der Waals surface area contributed by atoms with Crippen molar-refractivity contribution < 1.29 is 13.5 Å². The van der Waals surface area contributed by atoms with Crippen LogP contribution in [0.5, 0.6) is 5.75 Å². The van der Waals surface area contributed by atoms with E-state index in [4.69, 9.17) is 5.73 Å². The molecule has 0 aliphatic rings. The quantitative estimate of drug-likeness (QED) is 0.574. The van der Waals surface area contributed by atoms with Crippen molar-refractivity contribution in [2.45, 2.75) is 32.1 Å². The molecule has 0 aliphatic heterocycles. The van der Waals surface area contributed by atoms with Gasteiger partial charge in [0.25, 0.3) is 0 Å². The van der Waals surface area contributed by atoms with E-state index in [-0.39, 0.29) is 21.7 Å². The molecular weight excluding hydrogens is 252 g/mol. The largest absolute Gasteiger partial charge is 0.506 e. The van der Waals surface area contributed by atoms with Gasteiger partial charge in [-0.2, -0.15) is 0 Å². The van der Waals surface area contributed by atoms with Crippen LogP contribution in [-0.2, 0) is 10.0 Å². The maximum Gasteiger partial charge on any atom is 0.240 e. The summed E-state index contributed by atoms with van der Waals surface area (Å²) in [5.74, 6) is -0.122. The topological polar surface area (TPSA) is 92.4 Å². The first-order valence-electron chi connectivity index (χ1n) is 5.70. The molecule has 0 amide bonds. The fraction of sp³-hybridized carbons (Fsp3) is 0.500. The van der Waals surface area contributed by atoms with Gasteiger partial charge < -0.3 is 10.8 Å². The second-order valence-electron chi connectivity index (χ2n) is 5.43. The molecule has 5 nitrogen and oxygen atoms in total. The molecule has 1 aromatic carbocycles. The zero-order valence-electron chi connectivity index (χ0n) is 10.9. The van der Waals surface area contributed by atoms with Gasteiger partial charge in [-0.05, 0) is 30.0 Å². The number of anilines is 1. The number of hydrogen-bond acceptors (Lipinski definition) is 4. The first-order chi connectivity index (χ1) is 8.12. The van der Waals surface area contributed by atoms with Crippen molar-refractivity contribution in [3.8, 4) is 5.75 Å². The van der Waals surface area contributed by atoms with E-state index < -0.39 is 10.0 Å². The number of nitrogens with two attached hydrogens (primary N) is 1. The number of hydrogen-bond donors (Lipinski definition) is 3. The Morgan fingerprint density at radius 2 is 1.94 bits per heavy atom. The van der Waals surface area contributed by atoms with Crippen LogP contribution in [0, 0.1) is 5.41 Å². The predicted molar refractivity (Wildman–Crippen MR) is 71.8 cm³/mol. The van der Waals surface area contributed by atoms with Crippen molar-refractivity contribution in [2.24, 2.45) is 5.41 Å². The molecule has 0 heterocycles. The number of nitrogen functional groups attached to an aromatic ring is 1. The molecule has 0 atom stereocenters. The summed E-state index contributed by atoms with van der Waals surface area (Å²) in [5, 5.41) is 9.25. The molecule has 0 fully saturated rings. The number of rotatable bonds is 4. The van der Waals surface area contributed by atoms with Crippen LogP contribution in [0.4, 0.5) is 5.69 Å². The average molecular weight is 272 g/mol. The Balaban J connectivity index is 2.77. The van der Waals surface area contributed by atoms with E-state index in [0.717, 1.165) is 6.42 Å². The van der Waals surface area contributed by atoms with Crippen LogP contribution in [0.15, 0.2) is 23.1 Å². The lowest BCUT2D eigenvalue weighted by atomic mass is 9.93. The third-order valence-electron chi connectivity index (χ3n) is 2.48. The molecule has 0 aromatic heterocycles. The Bertz CT molecular complexity index is 519. The molecule has 0 aliphatic carbocycles. The molecule has 1 aromatic rings. The molecule has 0 bridgehead atoms. The molecule has 0 unspecified atom stereocenters. The molecule has 0 radical (unpaired) electrons. The molecule has 102 valence electrons. The predicted octanol–water partition coefficient (Wildman–Crippen LogP) is 1.69. The lowest BCUT2D eigenvalue weighted by molar-refractivity contribution is 0.378. The second kappa shape index (κ2) is 5.16. The minimum Gasteiger partial charge on any atom is -0.506 e. The third-order valence-corrected chi connectivity index (χ3v) is 3.94. The van der Waals surface area contributed by atoms with E-state index in [1.807, 2.05) is 20.8 Å². The van der Waals surface area contributed by atoms with Gasteiger partial charge in [0.2, 0.25) is 10.0 Å². The van der Waals surface area contributed by atoms with Crippen LogP contribution in [0.25, 0.3) is 0 Å². The number of phenols is 1. The zero-order valence-corrected chi connectivity index (χ0v) is 11.7. The zero-order chi connectivity index (χ0) is 14.0. The molecule has 18 heavy (non-hydrogen) atoms. The Hall–Kier alpha value is -1.27. The summed E-state index contributed by atoms with van der Waals surface area (Å²) in [7, 11) is -3.56. The fourth-order valence-corrected chi connectivity index (χ4v) is 2.41. The fourth-order valence-electron chi connectivity index (χ4n) is 1.34. The lowest BCUT2D eigenvalue weighted by Gasteiger charge is -2.18. The highest BCUT2D eigenvalue weighted by atomic mass is 32.2. The summed E-state index contributed by atoms with van der Waals surface area (Å²) >= 11 is 0. The highest BCUT2D eigenvalue weighted by Crippen LogP contribution is 2.23. The lowest BCUT2D eigenvalue weighted by Crippen LogP contribution is -2.27. The standard InChI is InChI=1S/C12H20N2O3S/c1-12(2,3)6-7-14-18(16,17)9-4-5-11(15)10(13)8-9/h4-5,8,14-15H,6-7,13H2,1-3H3. The molecule has 0 spiro atoms. The Labute approximate surface area is 108 Å². The van der Waals surface area contributed by atoms with Crippen LogP contribution in [0.1, 0.15) is 27.2 Å². The van der Waals surface area contributed by atoms with E-state index >= 15 is 0 Å². The highest BCUT2D eigenvalue weighted by Gasteiger charge is 2.17. The first kappa shape index (κ1) is 14.8. The van der Waals surface area contributed by atoms with Gasteiger partial charge in [0.15, 0.2) is 0 Å². The Morgan fingerprint density at radius 1 is 1.33 bits per heavy atom. The summed E-state index contributed by atoms with van der Waals surface area (Å²) in [5.41, 5.74) is 5.59. The van der Waals surface area contributed by atoms with Gasteiger partial charge in [-0.3, -0.25) is 0 Å². The molecular formula is C12H20N2O3S. The SMILES string of the molecule is CC(C)(C)CCNS(=O)(=O)c1ccc(O)c(N)c1. The minimum absolute atomic E-state index is 0.0497. The van der Waals surface area contributed by atoms with Crippen molar-refractivity contribution in [3.63, 3.8) is 0 Å². The van der Waals surface area contributed by atoms with Crippen LogP contribution >= 0.6 is 0 Å². The smallest absolute Gasteiger partial charge is 0.240 e. The summed E-state index contributed by atoms with van der Waals surface area (Å²) in [6, 6.07) is 3.84. The van der Waals surface area contributed by atoms with E-state index in [1.165, 1.54) is 18.2 Å². The molecule has 4 N–H and O–H groups in total. The first-order valence-corrected chi connectivity index (χ1v) is 7.18. The average Bonchev–Trinajstić information content (AvgIpc) is 2.19. The van der Waals surface area contributed by atoms with Gasteiger partial charge in [0, 0.05) is 6.54 Å². The van der Waals surface area contributed by atoms with E-state index in [2.05, 4.69) is 4.72 Å². The van der Waals surface area contributed by atoms with E-state index in [1.54, 1.807) is 0 Å². The summed E-state index contributed by atoms with van der Waals surface area (Å²) < 4.78 is 26.4. The number of phenolic OH excluding ortho intramolecular Hbond substituents is 1. The van der Waals surface area contributed by atoms with Gasteiger partial charge in [-0.1, -0.05) is 20.8 Å². The van der Waals surface area contributed by atoms with E-state index in [0.29, 0.717) is 6.54 Å². The normalized spacial score (nSPS) is 12.6. The number of benzene rings is 1. The van der Waals surface area contributed by atoms with Gasteiger partial charge in [-0.25, -0.2) is 13.1 Å². The molecule has 1 rings (SSSR count). The molecule has 0 saturated heterocycles. The summed E-state index contributed by atoms with van der Waals surface area (Å²) in [6.07, 6.45) is 0.736. The Morgan fingerprint density at radius 3 is 2.44 bits per heavy atom. The second-order valence-corrected chi connectivity index (χ2v) is 7.20. The summed E-state index contributed by atoms with van der Waals surface area (Å²) in [6.45, 7) is 6.49. The summed E-state index contributed by atoms with van der Waals surface area (Å²) in [4.78, 5) is 0.0618. The van der Waals surface area contributed by atoms with Gasteiger partial charge >= 0.3 is 0 Å². The number of nitrogens with one attached hydrogen (secondary N) is 1. The third kappa shape index (κ3) is 4.19. The maximum absolute atomic E-state index is 11.9. The van der Waals surface area contributed by atoms with Crippen molar-refractivity contribution in [3.05, 3.63) is 18.2 Å². The Kier molecular flexibility index (Phi) is 4.24. The number of aromatic hydroxyl groups is 1. The minimum atomic E-state index is -3.56. The van der Waals surface area contributed by atoms with Crippen LogP contribution < -0.4 is 10.5 Å². The monoisotopic (exact) mass is 272 g/mol.